The molecular weight excluding hydrogens is 1170 g/mol. The predicted molar refractivity (Wildman–Crippen MR) is 354 cm³/mol. The number of amides is 4. The Morgan fingerprint density at radius 1 is 0.478 bits per heavy atom. The van der Waals surface area contributed by atoms with Crippen molar-refractivity contribution in [1.29, 1.82) is 0 Å². The fourth-order valence-corrected chi connectivity index (χ4v) is 13.1. The first kappa shape index (κ1) is 67.5. The Hall–Kier alpha value is -8.90. The quantitative estimate of drug-likeness (QED) is 0.0782. The Labute approximate surface area is 537 Å². The van der Waals surface area contributed by atoms with Crippen LogP contribution in [0.25, 0.3) is 22.8 Å². The van der Waals surface area contributed by atoms with Crippen LogP contribution in [0.3, 0.4) is 0 Å². The van der Waals surface area contributed by atoms with Gasteiger partial charge < -0.3 is 29.4 Å². The van der Waals surface area contributed by atoms with Gasteiger partial charge in [-0.1, -0.05) is 14.9 Å². The Bertz CT molecular complexity index is 3690. The molecule has 0 spiro atoms. The number of anilines is 4. The third-order valence-electron chi connectivity index (χ3n) is 18.4. The number of nitrogens with zero attached hydrogens (tertiary/aromatic N) is 12. The van der Waals surface area contributed by atoms with Gasteiger partial charge in [-0.2, -0.15) is 0 Å². The van der Waals surface area contributed by atoms with E-state index in [1.807, 2.05) is 81.4 Å². The van der Waals surface area contributed by atoms with Crippen molar-refractivity contribution in [3.05, 3.63) is 129 Å². The first-order chi connectivity index (χ1) is 43.2. The third-order valence-corrected chi connectivity index (χ3v) is 18.4. The highest BCUT2D eigenvalue weighted by Gasteiger charge is 2.34. The first-order valence-electron chi connectivity index (χ1n) is 31.5. The lowest BCUT2D eigenvalue weighted by molar-refractivity contribution is -0.137. The number of rotatable bonds is 14. The predicted octanol–water partition coefficient (Wildman–Crippen LogP) is 6.46. The summed E-state index contributed by atoms with van der Waals surface area (Å²) in [5.41, 5.74) is 5.72. The second-order valence-corrected chi connectivity index (χ2v) is 25.6. The molecule has 0 aliphatic carbocycles. The topological polar surface area (TPSA) is 255 Å². The molecule has 0 radical (unpaired) electrons. The number of carbonyl (C=O) groups excluding carboxylic acids is 5. The number of carboxylic acids is 1. The molecule has 4 aromatic carbocycles. The smallest absolute Gasteiger partial charge is 0.346 e. The minimum Gasteiger partial charge on any atom is -0.478 e. The maximum absolute atomic E-state index is 12.9. The van der Waals surface area contributed by atoms with E-state index in [4.69, 9.17) is 9.84 Å². The number of hydrogen-bond acceptors (Lipinski definition) is 17. The number of piperidine rings is 4. The van der Waals surface area contributed by atoms with Gasteiger partial charge in [0.1, 0.15) is 17.7 Å². The van der Waals surface area contributed by atoms with Crippen LogP contribution in [-0.2, 0) is 38.0 Å². The molecule has 3 N–H and O–H groups in total. The van der Waals surface area contributed by atoms with Gasteiger partial charge in [0.05, 0.1) is 11.1 Å². The van der Waals surface area contributed by atoms with Crippen LogP contribution in [0.15, 0.2) is 107 Å². The summed E-state index contributed by atoms with van der Waals surface area (Å²) in [6.45, 7) is 19.7. The Kier molecular flexibility index (Phi) is 21.4. The molecule has 2 aromatic heterocycles. The summed E-state index contributed by atoms with van der Waals surface area (Å²) in [5, 5.41) is 22.7. The molecule has 2 atom stereocenters. The number of esters is 1. The maximum Gasteiger partial charge on any atom is 0.346 e. The Balaban J connectivity index is 0.000000214. The fraction of sp³-hybridized carbons (Fsp3) is 0.500. The molecule has 24 nitrogen and oxygen atoms in total. The summed E-state index contributed by atoms with van der Waals surface area (Å²) in [5.74, 6) is -0.521. The van der Waals surface area contributed by atoms with Crippen molar-refractivity contribution in [2.45, 2.75) is 105 Å². The van der Waals surface area contributed by atoms with E-state index in [1.54, 1.807) is 26.2 Å². The van der Waals surface area contributed by atoms with Crippen molar-refractivity contribution in [2.75, 3.05) is 111 Å². The number of benzene rings is 4. The van der Waals surface area contributed by atoms with E-state index >= 15 is 0 Å². The molecule has 0 saturated carbocycles. The van der Waals surface area contributed by atoms with E-state index < -0.39 is 35.5 Å². The molecule has 8 heterocycles. The van der Waals surface area contributed by atoms with Gasteiger partial charge in [-0.3, -0.25) is 48.7 Å². The highest BCUT2D eigenvalue weighted by atomic mass is 16.6. The van der Waals surface area contributed by atoms with Crippen LogP contribution in [0, 0.1) is 11.8 Å². The van der Waals surface area contributed by atoms with Crippen LogP contribution < -0.4 is 41.6 Å². The summed E-state index contributed by atoms with van der Waals surface area (Å²) in [7, 11) is 3.29. The van der Waals surface area contributed by atoms with Crippen molar-refractivity contribution >= 4 is 58.3 Å². The van der Waals surface area contributed by atoms with Crippen LogP contribution >= 0.6 is 0 Å². The number of carboxylic acid groups (broad SMARTS) is 1. The number of imide groups is 2. The minimum absolute atomic E-state index is 0. The van der Waals surface area contributed by atoms with E-state index in [-0.39, 0.29) is 69.7 Å². The van der Waals surface area contributed by atoms with E-state index in [9.17, 15) is 38.4 Å². The largest absolute Gasteiger partial charge is 0.478 e. The zero-order valence-corrected chi connectivity index (χ0v) is 52.1. The molecule has 6 fully saturated rings. The summed E-state index contributed by atoms with van der Waals surface area (Å²) < 4.78 is 10.8. The summed E-state index contributed by atoms with van der Waals surface area (Å²) in [6, 6.07) is 29.5. The summed E-state index contributed by atoms with van der Waals surface area (Å²) in [4.78, 5) is 112. The zero-order chi connectivity index (χ0) is 63.4. The molecule has 2 unspecified atom stereocenters. The van der Waals surface area contributed by atoms with Gasteiger partial charge in [0, 0.05) is 152 Å². The van der Waals surface area contributed by atoms with E-state index in [1.165, 1.54) is 18.5 Å². The monoisotopic (exact) mass is 1260 g/mol. The number of aromatic nitrogens is 6. The van der Waals surface area contributed by atoms with Gasteiger partial charge in [-0.25, -0.2) is 28.5 Å². The van der Waals surface area contributed by atoms with Crippen LogP contribution in [-0.4, -0.2) is 176 Å². The average molecular weight is 1260 g/mol. The van der Waals surface area contributed by atoms with Crippen molar-refractivity contribution in [1.82, 2.24) is 49.1 Å². The van der Waals surface area contributed by atoms with Gasteiger partial charge in [0.15, 0.2) is 11.6 Å². The van der Waals surface area contributed by atoms with E-state index in [2.05, 4.69) is 74.5 Å². The molecule has 12 rings (SSSR count). The van der Waals surface area contributed by atoms with Gasteiger partial charge >= 0.3 is 23.3 Å². The van der Waals surface area contributed by atoms with Crippen molar-refractivity contribution in [3.8, 4) is 22.8 Å². The van der Waals surface area contributed by atoms with Gasteiger partial charge in [0.2, 0.25) is 11.8 Å². The van der Waals surface area contributed by atoms with Crippen LogP contribution in [0.4, 0.5) is 22.7 Å². The summed E-state index contributed by atoms with van der Waals surface area (Å²) >= 11 is 0. The van der Waals surface area contributed by atoms with Gasteiger partial charge in [-0.05, 0) is 168 Å². The van der Waals surface area contributed by atoms with Crippen LogP contribution in [0.2, 0.25) is 0 Å². The van der Waals surface area contributed by atoms with E-state index in [0.29, 0.717) is 34.6 Å². The molecule has 4 amide bonds. The average Bonchev–Trinajstić information content (AvgIpc) is 1.67. The Morgan fingerprint density at radius 3 is 1.13 bits per heavy atom. The lowest BCUT2D eigenvalue weighted by Gasteiger charge is -2.40. The summed E-state index contributed by atoms with van der Waals surface area (Å²) in [6.07, 6.45) is 5.45. The minimum atomic E-state index is -0.896. The van der Waals surface area contributed by atoms with Crippen LogP contribution in [0.5, 0.6) is 0 Å². The molecule has 24 heteroatoms. The highest BCUT2D eigenvalue weighted by Crippen LogP contribution is 2.30. The Morgan fingerprint density at radius 2 is 0.804 bits per heavy atom. The lowest BCUT2D eigenvalue weighted by atomic mass is 9.95. The SMILES string of the molecule is C.C.Cn1c(-c2ccc(N3CCN(CC4CCN(c5ccc(C(=O)O)cc5)CC4)CC3)cc2)nn(C2CCC(=O)NC2=O)c1=O.Cn1c(-c2ccc(N3CCN(CC4CCN(c5ccc(C(=O)OC(C)(C)C)cc5)CC4)CC3)cc2)nn(C2CCC(=O)NC2=O)c1=O. The number of hydrogen-bond donors (Lipinski definition) is 3. The number of nitrogens with one attached hydrogen (secondary N) is 2. The number of carbonyl (C=O) groups is 6. The number of piperazine rings is 2. The van der Waals surface area contributed by atoms with Crippen LogP contribution in [0.1, 0.15) is 120 Å². The lowest BCUT2D eigenvalue weighted by Crippen LogP contribution is -2.49. The first-order valence-corrected chi connectivity index (χ1v) is 31.5. The highest BCUT2D eigenvalue weighted by molar-refractivity contribution is 6.00. The molecule has 0 bridgehead atoms. The molecule has 6 aromatic rings. The third kappa shape index (κ3) is 15.7. The molecule has 92 heavy (non-hydrogen) atoms. The number of ether oxygens (including phenoxy) is 1. The molecule has 492 valence electrons. The van der Waals surface area contributed by atoms with Crippen molar-refractivity contribution in [2.24, 2.45) is 25.9 Å². The van der Waals surface area contributed by atoms with E-state index in [0.717, 1.165) is 151 Å². The van der Waals surface area contributed by atoms with Crippen molar-refractivity contribution < 1.29 is 38.6 Å². The number of aromatic carboxylic acids is 1. The molecule has 6 aliphatic heterocycles. The zero-order valence-electron chi connectivity index (χ0n) is 52.1. The normalized spacial score (nSPS) is 19.7. The van der Waals surface area contributed by atoms with Gasteiger partial charge in [-0.15, -0.1) is 10.2 Å². The fourth-order valence-electron chi connectivity index (χ4n) is 13.1. The molecule has 6 saturated heterocycles. The second kappa shape index (κ2) is 29.2. The van der Waals surface area contributed by atoms with Gasteiger partial charge in [0.25, 0.3) is 11.8 Å². The molecular formula is C68H90N14O10. The standard InChI is InChI=1S/C35H45N7O5.C31H37N7O5.2CH4/c1-35(2,3)47-33(45)26-7-11-27(12-8-26)40-17-15-24(16-18-40)23-39-19-21-41(22-20-39)28-9-5-25(6-10-28)31-37-42(34(46)38(31)4)29-13-14-30(43)36-32(29)44;1-34-28(33-38(31(34)43)26-10-11-27(39)32-29(26)40)22-2-6-25(7-3-22)37-18-16-35(17-19-37)20-21-12-14-36(15-13-21)24-8-4-23(5-9-24)30(41)42;;/h5-12,24,29H,13-23H2,1-4H3,(H,36,43,44);2-9,21,26H,10-20H2,1H3,(H,41,42)(H,32,39,40);2*1H4. The maximum atomic E-state index is 12.9. The molecule has 6 aliphatic rings. The van der Waals surface area contributed by atoms with Crippen molar-refractivity contribution in [3.63, 3.8) is 0 Å². The second-order valence-electron chi connectivity index (χ2n) is 25.6.